The summed E-state index contributed by atoms with van der Waals surface area (Å²) in [6.45, 7) is -0.210. The van der Waals surface area contributed by atoms with Gasteiger partial charge < -0.3 is 26.1 Å². The van der Waals surface area contributed by atoms with Gasteiger partial charge in [0.15, 0.2) is 12.0 Å². The summed E-state index contributed by atoms with van der Waals surface area (Å²) < 4.78 is 32.9. The van der Waals surface area contributed by atoms with E-state index in [-0.39, 0.29) is 6.54 Å². The van der Waals surface area contributed by atoms with Gasteiger partial charge in [-0.25, -0.2) is 14.8 Å². The van der Waals surface area contributed by atoms with Crippen LogP contribution in [0.15, 0.2) is 36.9 Å². The third-order valence-electron chi connectivity index (χ3n) is 3.17. The van der Waals surface area contributed by atoms with Crippen LogP contribution in [0.4, 0.5) is 13.2 Å². The van der Waals surface area contributed by atoms with Crippen LogP contribution in [0.1, 0.15) is 6.42 Å². The first-order valence-electron chi connectivity index (χ1n) is 8.12. The molecule has 2 heterocycles. The van der Waals surface area contributed by atoms with Gasteiger partial charge in [-0.15, -0.1) is 0 Å². The number of carboxylic acids is 2. The fraction of sp³-hybridized carbons (Fsp3) is 0.250. The summed E-state index contributed by atoms with van der Waals surface area (Å²) in [6.07, 6.45) is 0.544. The van der Waals surface area contributed by atoms with Crippen LogP contribution in [-0.4, -0.2) is 56.1 Å². The lowest BCUT2D eigenvalue weighted by molar-refractivity contribution is -0.742. The van der Waals surface area contributed by atoms with Gasteiger partial charge in [-0.05, 0) is 11.2 Å². The van der Waals surface area contributed by atoms with Crippen LogP contribution in [0.5, 0.6) is 0 Å². The molecule has 2 rings (SSSR count). The summed E-state index contributed by atoms with van der Waals surface area (Å²) in [6, 6.07) is 2.00. The van der Waals surface area contributed by atoms with E-state index in [0.717, 1.165) is 0 Å². The second kappa shape index (κ2) is 11.1. The van der Waals surface area contributed by atoms with Crippen molar-refractivity contribution < 1.29 is 47.2 Å². The van der Waals surface area contributed by atoms with Crippen molar-refractivity contribution in [2.24, 2.45) is 5.73 Å². The minimum Gasteiger partial charge on any atom is -0.542 e. The highest BCUT2D eigenvalue weighted by molar-refractivity contribution is 5.87. The third kappa shape index (κ3) is 9.25. The average Bonchev–Trinajstić information content (AvgIpc) is 2.68. The fourth-order valence-electron chi connectivity index (χ4n) is 1.85. The standard InChI is InChI=1S/C14H14N6O4.C2HF3O2/c15-11(21)6-10(14(23)24)19-12(22)8-20-5-2-9(7-18-20)13-16-3-1-4-17-13;3-2(4,5)1(6)7/h1-5,7,10H,6,8H2,(H3-,15,19,21,22,23,24);(H,6,7). The lowest BCUT2D eigenvalue weighted by Crippen LogP contribution is -2.50. The van der Waals surface area contributed by atoms with E-state index >= 15 is 0 Å². The molecular formula is C16H15F3N6O6. The SMILES string of the molecule is NC(=O)CC(NC(=O)C[n+]1ccc(-c2ncccn2)cn1)C(=O)O.O=C([O-])C(F)(F)F. The molecule has 2 aromatic rings. The molecule has 2 amide bonds. The molecule has 0 spiro atoms. The zero-order valence-corrected chi connectivity index (χ0v) is 15.4. The van der Waals surface area contributed by atoms with E-state index in [1.165, 1.54) is 17.1 Å². The van der Waals surface area contributed by atoms with E-state index in [4.69, 9.17) is 20.7 Å². The molecular weight excluding hydrogens is 429 g/mol. The van der Waals surface area contributed by atoms with E-state index in [1.54, 1.807) is 24.5 Å². The number of alkyl halides is 3. The largest absolute Gasteiger partial charge is 0.542 e. The molecule has 2 aromatic heterocycles. The molecule has 0 saturated heterocycles. The molecule has 1 atom stereocenters. The number of carbonyl (C=O) groups is 4. The molecule has 0 saturated carbocycles. The van der Waals surface area contributed by atoms with Crippen LogP contribution in [0.2, 0.25) is 0 Å². The predicted molar refractivity (Wildman–Crippen MR) is 89.9 cm³/mol. The van der Waals surface area contributed by atoms with Crippen LogP contribution in [0.3, 0.4) is 0 Å². The molecule has 15 heteroatoms. The maximum absolute atomic E-state index is 11.9. The minimum atomic E-state index is -5.19. The monoisotopic (exact) mass is 444 g/mol. The van der Waals surface area contributed by atoms with Crippen molar-refractivity contribution in [3.8, 4) is 11.4 Å². The Morgan fingerprint density at radius 2 is 1.81 bits per heavy atom. The van der Waals surface area contributed by atoms with Crippen molar-refractivity contribution in [1.82, 2.24) is 20.4 Å². The average molecular weight is 444 g/mol. The zero-order chi connectivity index (χ0) is 23.6. The van der Waals surface area contributed by atoms with Gasteiger partial charge in [-0.3, -0.25) is 9.59 Å². The van der Waals surface area contributed by atoms with Crippen LogP contribution >= 0.6 is 0 Å². The molecule has 0 bridgehead atoms. The van der Waals surface area contributed by atoms with E-state index < -0.39 is 42.4 Å². The maximum Gasteiger partial charge on any atom is 0.430 e. The Bertz CT molecular complexity index is 924. The van der Waals surface area contributed by atoms with Gasteiger partial charge in [0, 0.05) is 24.0 Å². The number of nitrogens with two attached hydrogens (primary N) is 1. The van der Waals surface area contributed by atoms with Gasteiger partial charge >= 0.3 is 12.1 Å². The highest BCUT2D eigenvalue weighted by atomic mass is 19.4. The number of primary amides is 1. The Labute approximate surface area is 171 Å². The van der Waals surface area contributed by atoms with Crippen molar-refractivity contribution in [2.45, 2.75) is 25.2 Å². The normalized spacial score (nSPS) is 11.5. The maximum atomic E-state index is 11.9. The molecule has 0 aliphatic rings. The van der Waals surface area contributed by atoms with E-state index in [2.05, 4.69) is 20.4 Å². The highest BCUT2D eigenvalue weighted by Gasteiger charge is 2.28. The van der Waals surface area contributed by atoms with Gasteiger partial charge in [-0.2, -0.15) is 13.2 Å². The third-order valence-corrected chi connectivity index (χ3v) is 3.17. The summed E-state index contributed by atoms with van der Waals surface area (Å²) in [5, 5.41) is 24.0. The van der Waals surface area contributed by atoms with Crippen LogP contribution in [0.25, 0.3) is 11.4 Å². The molecule has 0 fully saturated rings. The number of aliphatic carboxylic acids is 2. The number of amides is 2. The number of nitrogens with one attached hydrogen (secondary N) is 1. The van der Waals surface area contributed by atoms with Gasteiger partial charge in [0.2, 0.25) is 5.91 Å². The summed E-state index contributed by atoms with van der Waals surface area (Å²) in [5.74, 6) is -5.27. The number of carbonyl (C=O) groups excluding carboxylic acids is 3. The lowest BCUT2D eigenvalue weighted by atomic mass is 10.2. The molecule has 1 unspecified atom stereocenters. The van der Waals surface area contributed by atoms with Crippen LogP contribution in [-0.2, 0) is 25.7 Å². The van der Waals surface area contributed by atoms with Crippen molar-refractivity contribution in [3.05, 3.63) is 36.9 Å². The summed E-state index contributed by atoms with van der Waals surface area (Å²) in [7, 11) is 0. The predicted octanol–water partition coefficient (Wildman–Crippen LogP) is -2.43. The molecule has 0 aliphatic carbocycles. The topological polar surface area (TPSA) is 192 Å². The number of hydrogen-bond donors (Lipinski definition) is 3. The van der Waals surface area contributed by atoms with E-state index in [9.17, 15) is 27.6 Å². The highest BCUT2D eigenvalue weighted by Crippen LogP contribution is 2.11. The van der Waals surface area contributed by atoms with Crippen molar-refractivity contribution in [3.63, 3.8) is 0 Å². The lowest BCUT2D eigenvalue weighted by Gasteiger charge is -2.10. The van der Waals surface area contributed by atoms with Gasteiger partial charge in [0.25, 0.3) is 12.5 Å². The first kappa shape index (κ1) is 24.9. The number of nitrogens with zero attached hydrogens (tertiary/aromatic N) is 4. The number of carboxylic acid groups (broad SMARTS) is 2. The minimum absolute atomic E-state index is 0.210. The molecule has 12 nitrogen and oxygen atoms in total. The molecule has 0 aromatic carbocycles. The van der Waals surface area contributed by atoms with Gasteiger partial charge in [0.1, 0.15) is 18.2 Å². The quantitative estimate of drug-likeness (QED) is 0.389. The first-order chi connectivity index (χ1) is 14.4. The Morgan fingerprint density at radius 1 is 1.23 bits per heavy atom. The zero-order valence-electron chi connectivity index (χ0n) is 15.4. The summed E-state index contributed by atoms with van der Waals surface area (Å²) in [5.41, 5.74) is 5.62. The first-order valence-corrected chi connectivity index (χ1v) is 8.12. The second-order valence-corrected chi connectivity index (χ2v) is 5.60. The van der Waals surface area contributed by atoms with Crippen LogP contribution < -0.4 is 20.8 Å². The number of hydrogen-bond acceptors (Lipinski definition) is 8. The Morgan fingerprint density at radius 3 is 2.23 bits per heavy atom. The van der Waals surface area contributed by atoms with Crippen molar-refractivity contribution in [2.75, 3.05) is 0 Å². The molecule has 4 N–H and O–H groups in total. The van der Waals surface area contributed by atoms with E-state index in [1.807, 2.05) is 0 Å². The molecule has 0 aliphatic heterocycles. The number of halogens is 3. The number of rotatable bonds is 7. The molecule has 31 heavy (non-hydrogen) atoms. The van der Waals surface area contributed by atoms with Gasteiger partial charge in [-0.1, -0.05) is 4.68 Å². The molecule has 0 radical (unpaired) electrons. The van der Waals surface area contributed by atoms with Crippen molar-refractivity contribution >= 4 is 23.8 Å². The Balaban J connectivity index is 0.000000592. The van der Waals surface area contributed by atoms with Gasteiger partial charge in [0.05, 0.1) is 6.42 Å². The van der Waals surface area contributed by atoms with E-state index in [0.29, 0.717) is 11.4 Å². The van der Waals surface area contributed by atoms with Crippen molar-refractivity contribution in [1.29, 1.82) is 0 Å². The Kier molecular flexibility index (Phi) is 8.93. The second-order valence-electron chi connectivity index (χ2n) is 5.60. The summed E-state index contributed by atoms with van der Waals surface area (Å²) >= 11 is 0. The fourth-order valence-corrected chi connectivity index (χ4v) is 1.85. The molecule has 166 valence electrons. The van der Waals surface area contributed by atoms with Crippen LogP contribution in [0, 0.1) is 0 Å². The number of aromatic nitrogens is 4. The smallest absolute Gasteiger partial charge is 0.430 e. The summed E-state index contributed by atoms with van der Waals surface area (Å²) in [4.78, 5) is 50.6. The Hall–Kier alpha value is -4.17.